The predicted molar refractivity (Wildman–Crippen MR) is 63.5 cm³/mol. The number of benzene rings is 1. The van der Waals surface area contributed by atoms with Crippen LogP contribution >= 0.6 is 0 Å². The van der Waals surface area contributed by atoms with E-state index in [9.17, 15) is 9.90 Å². The maximum atomic E-state index is 11.9. The fourth-order valence-corrected chi connectivity index (χ4v) is 2.42. The van der Waals surface area contributed by atoms with Gasteiger partial charge in [-0.25, -0.2) is 0 Å². The Morgan fingerprint density at radius 3 is 2.75 bits per heavy atom. The van der Waals surface area contributed by atoms with E-state index in [0.29, 0.717) is 0 Å². The van der Waals surface area contributed by atoms with Crippen LogP contribution in [0.2, 0.25) is 0 Å². The number of aryl methyl sites for hydroxylation is 1. The molecule has 1 aromatic carbocycles. The van der Waals surface area contributed by atoms with E-state index < -0.39 is 0 Å². The molecule has 0 saturated carbocycles. The highest BCUT2D eigenvalue weighted by Crippen LogP contribution is 2.38. The van der Waals surface area contributed by atoms with E-state index in [4.69, 9.17) is 0 Å². The lowest BCUT2D eigenvalue weighted by Gasteiger charge is -2.26. The Morgan fingerprint density at radius 2 is 2.12 bits per heavy atom. The zero-order chi connectivity index (χ0) is 11.7. The van der Waals surface area contributed by atoms with Gasteiger partial charge in [0.05, 0.1) is 5.92 Å². The minimum Gasteiger partial charge on any atom is -0.508 e. The lowest BCUT2D eigenvalue weighted by atomic mass is 9.77. The van der Waals surface area contributed by atoms with E-state index in [-0.39, 0.29) is 23.4 Å². The molecular weight excluding hydrogens is 200 g/mol. The van der Waals surface area contributed by atoms with Crippen molar-refractivity contribution in [3.8, 4) is 5.75 Å². The molecule has 0 aromatic heterocycles. The summed E-state index contributed by atoms with van der Waals surface area (Å²) in [6.07, 6.45) is 4.44. The van der Waals surface area contributed by atoms with Crippen LogP contribution < -0.4 is 0 Å². The monoisotopic (exact) mass is 216 g/mol. The van der Waals surface area contributed by atoms with Crippen molar-refractivity contribution in [2.75, 3.05) is 0 Å². The van der Waals surface area contributed by atoms with Gasteiger partial charge in [0.1, 0.15) is 5.75 Å². The highest BCUT2D eigenvalue weighted by molar-refractivity contribution is 5.97. The van der Waals surface area contributed by atoms with E-state index >= 15 is 0 Å². The molecule has 2 nitrogen and oxygen atoms in total. The molecule has 0 aliphatic heterocycles. The van der Waals surface area contributed by atoms with Crippen LogP contribution in [0.1, 0.15) is 30.4 Å². The van der Waals surface area contributed by atoms with E-state index in [1.807, 2.05) is 25.1 Å². The van der Waals surface area contributed by atoms with Crippen molar-refractivity contribution in [3.05, 3.63) is 41.5 Å². The third-order valence-electron chi connectivity index (χ3n) is 3.28. The van der Waals surface area contributed by atoms with Gasteiger partial charge in [-0.2, -0.15) is 0 Å². The number of phenolic OH excluding ortho intramolecular Hbond substituents is 1. The standard InChI is InChI=1S/C14H16O2/c1-9-5-3-7-11(15)13(9)14-10(2)6-4-8-12(14)16/h3-5,7-8,10,14-15H,6H2,1-2H3. The minimum atomic E-state index is -0.189. The third-order valence-corrected chi connectivity index (χ3v) is 3.28. The van der Waals surface area contributed by atoms with E-state index in [0.717, 1.165) is 17.5 Å². The first-order valence-electron chi connectivity index (χ1n) is 5.60. The van der Waals surface area contributed by atoms with Crippen LogP contribution in [-0.4, -0.2) is 10.9 Å². The summed E-state index contributed by atoms with van der Waals surface area (Å²) in [6.45, 7) is 3.99. The number of aromatic hydroxyl groups is 1. The fourth-order valence-electron chi connectivity index (χ4n) is 2.42. The third kappa shape index (κ3) is 1.75. The normalized spacial score (nSPS) is 24.8. The quantitative estimate of drug-likeness (QED) is 0.783. The molecule has 1 N–H and O–H groups in total. The molecule has 2 heteroatoms. The molecule has 0 radical (unpaired) electrons. The first-order valence-corrected chi connectivity index (χ1v) is 5.60. The lowest BCUT2D eigenvalue weighted by Crippen LogP contribution is -2.22. The van der Waals surface area contributed by atoms with E-state index in [2.05, 4.69) is 6.92 Å². The summed E-state index contributed by atoms with van der Waals surface area (Å²) >= 11 is 0. The second-order valence-electron chi connectivity index (χ2n) is 4.50. The van der Waals surface area contributed by atoms with Gasteiger partial charge in [0.25, 0.3) is 0 Å². The zero-order valence-electron chi connectivity index (χ0n) is 9.60. The molecule has 2 atom stereocenters. The van der Waals surface area contributed by atoms with Crippen molar-refractivity contribution in [2.24, 2.45) is 5.92 Å². The van der Waals surface area contributed by atoms with Gasteiger partial charge >= 0.3 is 0 Å². The number of phenols is 1. The molecule has 2 unspecified atom stereocenters. The van der Waals surface area contributed by atoms with Gasteiger partial charge in [-0.05, 0) is 37.0 Å². The number of hydrogen-bond acceptors (Lipinski definition) is 2. The maximum Gasteiger partial charge on any atom is 0.163 e. The smallest absolute Gasteiger partial charge is 0.163 e. The minimum absolute atomic E-state index is 0.100. The molecular formula is C14H16O2. The number of allylic oxidation sites excluding steroid dienone is 2. The molecule has 1 aliphatic rings. The molecule has 84 valence electrons. The van der Waals surface area contributed by atoms with Gasteiger partial charge in [0.2, 0.25) is 0 Å². The topological polar surface area (TPSA) is 37.3 Å². The summed E-state index contributed by atoms with van der Waals surface area (Å²) in [6, 6.07) is 5.40. The molecule has 1 aliphatic carbocycles. The van der Waals surface area contributed by atoms with Crippen LogP contribution in [0.4, 0.5) is 0 Å². The van der Waals surface area contributed by atoms with Crippen molar-refractivity contribution in [3.63, 3.8) is 0 Å². The Morgan fingerprint density at radius 1 is 1.38 bits per heavy atom. The average Bonchev–Trinajstić information content (AvgIpc) is 2.21. The number of hydrogen-bond donors (Lipinski definition) is 1. The van der Waals surface area contributed by atoms with Crippen molar-refractivity contribution < 1.29 is 9.90 Å². The van der Waals surface area contributed by atoms with Gasteiger partial charge in [0, 0.05) is 5.56 Å². The molecule has 1 aromatic rings. The van der Waals surface area contributed by atoms with Crippen LogP contribution in [0.5, 0.6) is 5.75 Å². The number of rotatable bonds is 1. The summed E-state index contributed by atoms with van der Waals surface area (Å²) < 4.78 is 0. The molecule has 2 rings (SSSR count). The second kappa shape index (κ2) is 4.12. The van der Waals surface area contributed by atoms with E-state index in [1.54, 1.807) is 12.1 Å². The molecule has 0 saturated heterocycles. The largest absolute Gasteiger partial charge is 0.508 e. The van der Waals surface area contributed by atoms with Crippen molar-refractivity contribution in [2.45, 2.75) is 26.2 Å². The van der Waals surface area contributed by atoms with Crippen LogP contribution in [0, 0.1) is 12.8 Å². The molecule has 0 spiro atoms. The number of carbonyl (C=O) groups excluding carboxylic acids is 1. The number of carbonyl (C=O) groups is 1. The van der Waals surface area contributed by atoms with Crippen LogP contribution in [0.3, 0.4) is 0 Å². The summed E-state index contributed by atoms with van der Waals surface area (Å²) in [5.41, 5.74) is 1.78. The lowest BCUT2D eigenvalue weighted by molar-refractivity contribution is -0.117. The Bertz CT molecular complexity index is 426. The first kappa shape index (κ1) is 10.9. The van der Waals surface area contributed by atoms with Gasteiger partial charge in [-0.1, -0.05) is 25.1 Å². The van der Waals surface area contributed by atoms with Crippen LogP contribution in [0.15, 0.2) is 30.4 Å². The Balaban J connectivity index is 2.51. The van der Waals surface area contributed by atoms with Gasteiger partial charge in [0.15, 0.2) is 5.78 Å². The Kier molecular flexibility index (Phi) is 2.82. The van der Waals surface area contributed by atoms with Crippen molar-refractivity contribution in [1.29, 1.82) is 0 Å². The summed E-state index contributed by atoms with van der Waals surface area (Å²) in [5, 5.41) is 9.90. The molecule has 0 amide bonds. The van der Waals surface area contributed by atoms with E-state index in [1.165, 1.54) is 0 Å². The Labute approximate surface area is 95.6 Å². The first-order chi connectivity index (χ1) is 7.61. The summed E-state index contributed by atoms with van der Waals surface area (Å²) in [7, 11) is 0. The predicted octanol–water partition coefficient (Wildman–Crippen LogP) is 2.95. The SMILES string of the molecule is Cc1cccc(O)c1C1C(=O)C=CCC1C. The van der Waals surface area contributed by atoms with Crippen LogP contribution in [-0.2, 0) is 4.79 Å². The zero-order valence-corrected chi connectivity index (χ0v) is 9.60. The molecule has 0 fully saturated rings. The molecule has 0 heterocycles. The molecule has 0 bridgehead atoms. The average molecular weight is 216 g/mol. The number of ketones is 1. The fraction of sp³-hybridized carbons (Fsp3) is 0.357. The van der Waals surface area contributed by atoms with Gasteiger partial charge < -0.3 is 5.11 Å². The molecule has 16 heavy (non-hydrogen) atoms. The summed E-state index contributed by atoms with van der Waals surface area (Å²) in [4.78, 5) is 11.9. The highest BCUT2D eigenvalue weighted by Gasteiger charge is 2.30. The van der Waals surface area contributed by atoms with Gasteiger partial charge in [-0.15, -0.1) is 0 Å². The Hall–Kier alpha value is -1.57. The van der Waals surface area contributed by atoms with Gasteiger partial charge in [-0.3, -0.25) is 4.79 Å². The summed E-state index contributed by atoms with van der Waals surface area (Å²) in [5.74, 6) is 0.402. The van der Waals surface area contributed by atoms with Crippen molar-refractivity contribution in [1.82, 2.24) is 0 Å². The maximum absolute atomic E-state index is 11.9. The second-order valence-corrected chi connectivity index (χ2v) is 4.50. The van der Waals surface area contributed by atoms with Crippen LogP contribution in [0.25, 0.3) is 0 Å². The van der Waals surface area contributed by atoms with Crippen molar-refractivity contribution >= 4 is 5.78 Å². The highest BCUT2D eigenvalue weighted by atomic mass is 16.3.